The predicted octanol–water partition coefficient (Wildman–Crippen LogP) is 4.29. The molecule has 0 radical (unpaired) electrons. The van der Waals surface area contributed by atoms with Gasteiger partial charge in [-0.15, -0.1) is 0 Å². The van der Waals surface area contributed by atoms with E-state index in [1.807, 2.05) is 0 Å². The Morgan fingerprint density at radius 2 is 1.84 bits per heavy atom. The highest BCUT2D eigenvalue weighted by atomic mass is 19.4. The van der Waals surface area contributed by atoms with Crippen molar-refractivity contribution < 1.29 is 30.7 Å². The molecule has 2 aliphatic heterocycles. The maximum Gasteiger partial charge on any atom is 0.737 e. The highest BCUT2D eigenvalue weighted by Crippen LogP contribution is 2.40. The van der Waals surface area contributed by atoms with Crippen molar-refractivity contribution in [1.29, 1.82) is 0 Å². The number of halogens is 6. The van der Waals surface area contributed by atoms with Crippen LogP contribution >= 0.6 is 0 Å². The number of alkyl halides is 3. The van der Waals surface area contributed by atoms with E-state index in [0.717, 1.165) is 15.0 Å². The van der Waals surface area contributed by atoms with Gasteiger partial charge in [0.25, 0.3) is 0 Å². The van der Waals surface area contributed by atoms with Crippen molar-refractivity contribution in [1.82, 2.24) is 4.48 Å². The molecule has 25 heavy (non-hydrogen) atoms. The molecule has 0 amide bonds. The lowest BCUT2D eigenvalue weighted by molar-refractivity contribution is -0.356. The first-order valence-electron chi connectivity index (χ1n) is 7.32. The van der Waals surface area contributed by atoms with Crippen LogP contribution in [0.3, 0.4) is 0 Å². The standard InChI is InChI=1S/C16H9BF6N2/c18-12-6-5-10(9-11(12)16(19,20)21)15-13-3-1-7-24(13)17(22,23)25-8-2-4-14(15)25/h1-9H. The van der Waals surface area contributed by atoms with Crippen LogP contribution in [0.15, 0.2) is 54.4 Å². The van der Waals surface area contributed by atoms with Crippen LogP contribution in [0.25, 0.3) is 5.57 Å². The lowest BCUT2D eigenvalue weighted by atomic mass is 9.86. The summed E-state index contributed by atoms with van der Waals surface area (Å²) in [7, 11) is 0. The Morgan fingerprint density at radius 3 is 2.56 bits per heavy atom. The summed E-state index contributed by atoms with van der Waals surface area (Å²) in [5, 5.41) is 0. The lowest BCUT2D eigenvalue weighted by Crippen LogP contribution is -2.49. The third-order valence-electron chi connectivity index (χ3n) is 4.30. The highest BCUT2D eigenvalue weighted by molar-refractivity contribution is 6.57. The first kappa shape index (κ1) is 15.8. The molecule has 1 aromatic heterocycles. The van der Waals surface area contributed by atoms with E-state index in [4.69, 9.17) is 0 Å². The summed E-state index contributed by atoms with van der Waals surface area (Å²) in [6.07, 6.45) is 0.260. The Hall–Kier alpha value is -2.71. The van der Waals surface area contributed by atoms with Gasteiger partial charge in [0.15, 0.2) is 5.70 Å². The summed E-state index contributed by atoms with van der Waals surface area (Å²) in [4.78, 5) is 0. The second kappa shape index (κ2) is 4.90. The second-order valence-corrected chi connectivity index (χ2v) is 5.76. The molecule has 0 saturated heterocycles. The fourth-order valence-electron chi connectivity index (χ4n) is 3.21. The van der Waals surface area contributed by atoms with E-state index in [0.29, 0.717) is 12.1 Å². The second-order valence-electron chi connectivity index (χ2n) is 5.76. The zero-order valence-corrected chi connectivity index (χ0v) is 12.4. The molecular formula is C16H9BF6N2. The largest absolute Gasteiger partial charge is 0.737 e. The highest BCUT2D eigenvalue weighted by Gasteiger charge is 2.51. The van der Waals surface area contributed by atoms with Gasteiger partial charge < -0.3 is 17.6 Å². The van der Waals surface area contributed by atoms with Crippen molar-refractivity contribution in [2.75, 3.05) is 0 Å². The Bertz CT molecular complexity index is 981. The maximum atomic E-state index is 14.6. The number of aromatic nitrogens is 1. The van der Waals surface area contributed by atoms with Crippen molar-refractivity contribution in [3.63, 3.8) is 0 Å². The first-order valence-corrected chi connectivity index (χ1v) is 7.32. The maximum absolute atomic E-state index is 14.6. The van der Waals surface area contributed by atoms with Gasteiger partial charge in [0.1, 0.15) is 12.0 Å². The predicted molar refractivity (Wildman–Crippen MR) is 80.7 cm³/mol. The van der Waals surface area contributed by atoms with Crippen LogP contribution in [0.1, 0.15) is 16.8 Å². The molecule has 0 saturated carbocycles. The van der Waals surface area contributed by atoms with E-state index in [1.165, 1.54) is 36.7 Å². The quantitative estimate of drug-likeness (QED) is 0.533. The van der Waals surface area contributed by atoms with E-state index in [2.05, 4.69) is 0 Å². The molecule has 2 nitrogen and oxygen atoms in total. The van der Waals surface area contributed by atoms with Gasteiger partial charge in [0.05, 0.1) is 11.1 Å². The molecular weight excluding hydrogens is 345 g/mol. The van der Waals surface area contributed by atoms with E-state index in [9.17, 15) is 26.2 Å². The van der Waals surface area contributed by atoms with Crippen LogP contribution in [0.2, 0.25) is 0 Å². The summed E-state index contributed by atoms with van der Waals surface area (Å²) in [5.41, 5.74) is -1.07. The molecule has 1 aromatic carbocycles. The minimum absolute atomic E-state index is 0.0138. The van der Waals surface area contributed by atoms with Crippen LogP contribution in [0, 0.1) is 5.82 Å². The molecule has 0 atom stereocenters. The van der Waals surface area contributed by atoms with Gasteiger partial charge in [0.2, 0.25) is 0 Å². The Balaban J connectivity index is 2.01. The van der Waals surface area contributed by atoms with Gasteiger partial charge in [-0.2, -0.15) is 13.2 Å². The molecule has 0 fully saturated rings. The SMILES string of the molecule is Fc1ccc(C2=C3C=CC=[N+]3[B-](F)(F)n3cccc32)cc1C(F)(F)F. The average molecular weight is 354 g/mol. The minimum Gasteiger partial charge on any atom is -0.396 e. The number of rotatable bonds is 1. The zero-order chi connectivity index (χ0) is 18.0. The average Bonchev–Trinajstić information content (AvgIpc) is 3.17. The summed E-state index contributed by atoms with van der Waals surface area (Å²) in [5.74, 6) is -1.41. The molecule has 9 heteroatoms. The summed E-state index contributed by atoms with van der Waals surface area (Å²) in [6, 6.07) is 5.30. The fourth-order valence-corrected chi connectivity index (χ4v) is 3.21. The number of benzene rings is 1. The van der Waals surface area contributed by atoms with Crippen LogP contribution in [0.5, 0.6) is 0 Å². The monoisotopic (exact) mass is 354 g/mol. The van der Waals surface area contributed by atoms with E-state index in [1.54, 1.807) is 0 Å². The lowest BCUT2D eigenvalue weighted by Gasteiger charge is -2.31. The Labute approximate surface area is 138 Å². The fraction of sp³-hybridized carbons (Fsp3) is 0.0625. The van der Waals surface area contributed by atoms with Gasteiger partial charge in [-0.25, -0.2) is 4.39 Å². The number of fused-ring (bicyclic) bond motifs is 2. The smallest absolute Gasteiger partial charge is 0.396 e. The van der Waals surface area contributed by atoms with E-state index >= 15 is 0 Å². The van der Waals surface area contributed by atoms with Gasteiger partial charge >= 0.3 is 13.1 Å². The third-order valence-corrected chi connectivity index (χ3v) is 4.30. The minimum atomic E-state index is -4.88. The Kier molecular flexibility index (Phi) is 3.10. The number of nitrogens with zero attached hydrogens (tertiary/aromatic N) is 2. The van der Waals surface area contributed by atoms with Crippen LogP contribution in [-0.2, 0) is 6.18 Å². The molecule has 3 heterocycles. The molecule has 0 unspecified atom stereocenters. The summed E-state index contributed by atoms with van der Waals surface area (Å²) in [6.45, 7) is -4.14. The molecule has 0 spiro atoms. The normalized spacial score (nSPS) is 18.2. The van der Waals surface area contributed by atoms with Crippen molar-refractivity contribution in [2.45, 2.75) is 6.18 Å². The van der Waals surface area contributed by atoms with Gasteiger partial charge in [-0.3, -0.25) is 0 Å². The van der Waals surface area contributed by atoms with Crippen molar-refractivity contribution in [2.24, 2.45) is 0 Å². The van der Waals surface area contributed by atoms with Crippen LogP contribution in [-0.4, -0.2) is 22.1 Å². The van der Waals surface area contributed by atoms with Crippen LogP contribution < -0.4 is 0 Å². The summed E-state index contributed by atoms with van der Waals surface area (Å²) < 4.78 is 83.3. The molecule has 4 rings (SSSR count). The number of allylic oxidation sites excluding steroid dienone is 2. The molecule has 0 N–H and O–H groups in total. The first-order chi connectivity index (χ1) is 11.7. The molecule has 0 bridgehead atoms. The van der Waals surface area contributed by atoms with Gasteiger partial charge in [-0.05, 0) is 36.0 Å². The van der Waals surface area contributed by atoms with Crippen molar-refractivity contribution in [3.8, 4) is 0 Å². The van der Waals surface area contributed by atoms with Crippen LogP contribution in [0.4, 0.5) is 26.2 Å². The molecule has 0 aliphatic carbocycles. The van der Waals surface area contributed by atoms with E-state index in [-0.39, 0.29) is 22.5 Å². The third kappa shape index (κ3) is 2.18. The van der Waals surface area contributed by atoms with Crippen molar-refractivity contribution >= 4 is 18.8 Å². The number of hydrogen-bond acceptors (Lipinski definition) is 0. The Morgan fingerprint density at radius 1 is 1.08 bits per heavy atom. The number of hydrogen-bond donors (Lipinski definition) is 0. The van der Waals surface area contributed by atoms with Gasteiger partial charge in [0, 0.05) is 17.8 Å². The summed E-state index contributed by atoms with van der Waals surface area (Å²) >= 11 is 0. The topological polar surface area (TPSA) is 7.94 Å². The zero-order valence-electron chi connectivity index (χ0n) is 12.4. The molecule has 2 aromatic rings. The van der Waals surface area contributed by atoms with Gasteiger partial charge in [-0.1, -0.05) is 6.07 Å². The molecule has 2 aliphatic rings. The molecule has 128 valence electrons. The van der Waals surface area contributed by atoms with Crippen molar-refractivity contribution in [3.05, 3.63) is 77.0 Å². The van der Waals surface area contributed by atoms with E-state index < -0.39 is 24.5 Å².